The molecule has 0 fully saturated rings. The number of benzene rings is 2. The second-order valence-corrected chi connectivity index (χ2v) is 5.43. The van der Waals surface area contributed by atoms with E-state index in [-0.39, 0.29) is 16.3 Å². The normalized spacial score (nSPS) is 10.6. The number of rotatable bonds is 4. The predicted molar refractivity (Wildman–Crippen MR) is 74.3 cm³/mol. The third-order valence-corrected chi connectivity index (χ3v) is 3.95. The third-order valence-electron chi connectivity index (χ3n) is 2.58. The van der Waals surface area contributed by atoms with Crippen LogP contribution in [0.15, 0.2) is 41.3 Å². The molecule has 6 heteroatoms. The minimum absolute atomic E-state index is 0.00348. The second kappa shape index (κ2) is 6.24. The molecule has 0 saturated carbocycles. The number of carbonyl (C=O) groups is 1. The van der Waals surface area contributed by atoms with Gasteiger partial charge in [-0.3, -0.25) is 0 Å². The fourth-order valence-corrected chi connectivity index (χ4v) is 2.68. The standard InChI is InChI=1S/C14H9ClF2O2S/c15-12-4-3-10(6-11(12)14(18)19)20-7-8-1-2-9(16)5-13(8)17/h1-6H,7H2,(H,18,19). The van der Waals surface area contributed by atoms with E-state index in [0.29, 0.717) is 10.5 Å². The third kappa shape index (κ3) is 3.49. The molecule has 0 atom stereocenters. The first-order chi connectivity index (χ1) is 9.47. The Labute approximate surface area is 123 Å². The first-order valence-electron chi connectivity index (χ1n) is 5.57. The molecule has 2 rings (SSSR count). The van der Waals surface area contributed by atoms with Crippen LogP contribution in [0.25, 0.3) is 0 Å². The monoisotopic (exact) mass is 314 g/mol. The average molecular weight is 315 g/mol. The van der Waals surface area contributed by atoms with Crippen LogP contribution in [0.3, 0.4) is 0 Å². The van der Waals surface area contributed by atoms with E-state index < -0.39 is 17.6 Å². The summed E-state index contributed by atoms with van der Waals surface area (Å²) in [5.74, 6) is -2.10. The van der Waals surface area contributed by atoms with E-state index in [9.17, 15) is 13.6 Å². The molecule has 1 N–H and O–H groups in total. The molecule has 104 valence electrons. The Bertz CT molecular complexity index is 662. The zero-order valence-corrected chi connectivity index (χ0v) is 11.6. The van der Waals surface area contributed by atoms with Crippen LogP contribution in [0.2, 0.25) is 5.02 Å². The van der Waals surface area contributed by atoms with Gasteiger partial charge in [0.2, 0.25) is 0 Å². The Hall–Kier alpha value is -1.59. The molecule has 0 unspecified atom stereocenters. The summed E-state index contributed by atoms with van der Waals surface area (Å²) < 4.78 is 26.2. The molecule has 0 spiro atoms. The van der Waals surface area contributed by atoms with Crippen molar-refractivity contribution in [1.29, 1.82) is 0 Å². The van der Waals surface area contributed by atoms with Crippen LogP contribution in [-0.4, -0.2) is 11.1 Å². The van der Waals surface area contributed by atoms with Gasteiger partial charge in [-0.05, 0) is 29.8 Å². The highest BCUT2D eigenvalue weighted by molar-refractivity contribution is 7.98. The molecule has 0 amide bonds. The Morgan fingerprint density at radius 1 is 1.20 bits per heavy atom. The lowest BCUT2D eigenvalue weighted by Gasteiger charge is -2.06. The first-order valence-corrected chi connectivity index (χ1v) is 6.93. The van der Waals surface area contributed by atoms with Crippen molar-refractivity contribution >= 4 is 29.3 Å². The van der Waals surface area contributed by atoms with Gasteiger partial charge in [-0.25, -0.2) is 13.6 Å². The molecule has 0 aliphatic heterocycles. The van der Waals surface area contributed by atoms with Gasteiger partial charge < -0.3 is 5.11 Å². The van der Waals surface area contributed by atoms with Crippen LogP contribution < -0.4 is 0 Å². The summed E-state index contributed by atoms with van der Waals surface area (Å²) in [7, 11) is 0. The van der Waals surface area contributed by atoms with Gasteiger partial charge in [0, 0.05) is 16.7 Å². The summed E-state index contributed by atoms with van der Waals surface area (Å²) in [6.07, 6.45) is 0. The zero-order chi connectivity index (χ0) is 14.7. The van der Waals surface area contributed by atoms with Crippen molar-refractivity contribution in [2.75, 3.05) is 0 Å². The number of hydrogen-bond donors (Lipinski definition) is 1. The molecule has 2 aromatic carbocycles. The molecular formula is C14H9ClF2O2S. The maximum absolute atomic E-state index is 13.5. The Morgan fingerprint density at radius 2 is 1.95 bits per heavy atom. The molecular weight excluding hydrogens is 306 g/mol. The maximum Gasteiger partial charge on any atom is 0.337 e. The van der Waals surface area contributed by atoms with Crippen LogP contribution in [0.5, 0.6) is 0 Å². The second-order valence-electron chi connectivity index (χ2n) is 3.97. The van der Waals surface area contributed by atoms with Crippen molar-refractivity contribution < 1.29 is 18.7 Å². The van der Waals surface area contributed by atoms with Crippen LogP contribution in [0, 0.1) is 11.6 Å². The molecule has 0 aliphatic carbocycles. The summed E-state index contributed by atoms with van der Waals surface area (Å²) in [4.78, 5) is 11.6. The highest BCUT2D eigenvalue weighted by Crippen LogP contribution is 2.28. The van der Waals surface area contributed by atoms with Gasteiger partial charge in [0.15, 0.2) is 0 Å². The molecule has 0 radical (unpaired) electrons. The fraction of sp³-hybridized carbons (Fsp3) is 0.0714. The van der Waals surface area contributed by atoms with Crippen LogP contribution >= 0.6 is 23.4 Å². The van der Waals surface area contributed by atoms with E-state index >= 15 is 0 Å². The fourth-order valence-electron chi connectivity index (χ4n) is 1.56. The molecule has 2 aromatic rings. The SMILES string of the molecule is O=C(O)c1cc(SCc2ccc(F)cc2F)ccc1Cl. The van der Waals surface area contributed by atoms with Crippen molar-refractivity contribution in [3.63, 3.8) is 0 Å². The lowest BCUT2D eigenvalue weighted by atomic mass is 10.2. The van der Waals surface area contributed by atoms with E-state index in [4.69, 9.17) is 16.7 Å². The largest absolute Gasteiger partial charge is 0.478 e. The summed E-state index contributed by atoms with van der Waals surface area (Å²) >= 11 is 7.01. The van der Waals surface area contributed by atoms with Crippen LogP contribution in [0.4, 0.5) is 8.78 Å². The quantitative estimate of drug-likeness (QED) is 0.837. The van der Waals surface area contributed by atoms with Gasteiger partial charge in [-0.15, -0.1) is 11.8 Å². The Morgan fingerprint density at radius 3 is 2.60 bits per heavy atom. The van der Waals surface area contributed by atoms with Crippen molar-refractivity contribution in [2.24, 2.45) is 0 Å². The van der Waals surface area contributed by atoms with Crippen molar-refractivity contribution in [3.8, 4) is 0 Å². The molecule has 0 aromatic heterocycles. The Balaban J connectivity index is 2.15. The van der Waals surface area contributed by atoms with Crippen molar-refractivity contribution in [3.05, 3.63) is 64.2 Å². The number of carboxylic acids is 1. The van der Waals surface area contributed by atoms with Gasteiger partial charge in [-0.2, -0.15) is 0 Å². The smallest absolute Gasteiger partial charge is 0.337 e. The van der Waals surface area contributed by atoms with Crippen LogP contribution in [0.1, 0.15) is 15.9 Å². The molecule has 0 saturated heterocycles. The summed E-state index contributed by atoms with van der Waals surface area (Å²) in [5.41, 5.74) is 0.347. The number of thioether (sulfide) groups is 1. The first kappa shape index (κ1) is 14.8. The summed E-state index contributed by atoms with van der Waals surface area (Å²) in [6.45, 7) is 0. The van der Waals surface area contributed by atoms with Gasteiger partial charge in [0.1, 0.15) is 11.6 Å². The van der Waals surface area contributed by atoms with Gasteiger partial charge in [0.25, 0.3) is 0 Å². The van der Waals surface area contributed by atoms with Gasteiger partial charge in [-0.1, -0.05) is 17.7 Å². The highest BCUT2D eigenvalue weighted by atomic mass is 35.5. The molecule has 0 heterocycles. The molecule has 0 bridgehead atoms. The lowest BCUT2D eigenvalue weighted by Crippen LogP contribution is -1.97. The van der Waals surface area contributed by atoms with E-state index in [2.05, 4.69) is 0 Å². The average Bonchev–Trinajstić information content (AvgIpc) is 2.39. The number of hydrogen-bond acceptors (Lipinski definition) is 2. The number of halogens is 3. The van der Waals surface area contributed by atoms with E-state index in [1.807, 2.05) is 0 Å². The summed E-state index contributed by atoms with van der Waals surface area (Å²) in [6, 6.07) is 7.93. The topological polar surface area (TPSA) is 37.3 Å². The summed E-state index contributed by atoms with van der Waals surface area (Å²) in [5, 5.41) is 9.10. The zero-order valence-electron chi connectivity index (χ0n) is 10.1. The maximum atomic E-state index is 13.5. The van der Waals surface area contributed by atoms with E-state index in [0.717, 1.165) is 6.07 Å². The van der Waals surface area contributed by atoms with E-state index in [1.165, 1.54) is 36.0 Å². The van der Waals surface area contributed by atoms with E-state index in [1.54, 1.807) is 6.07 Å². The molecule has 0 aliphatic rings. The van der Waals surface area contributed by atoms with Gasteiger partial charge in [0.05, 0.1) is 10.6 Å². The number of aromatic carboxylic acids is 1. The molecule has 2 nitrogen and oxygen atoms in total. The van der Waals surface area contributed by atoms with Crippen molar-refractivity contribution in [1.82, 2.24) is 0 Å². The predicted octanol–water partition coefficient (Wildman–Crippen LogP) is 4.61. The minimum Gasteiger partial charge on any atom is -0.478 e. The van der Waals surface area contributed by atoms with Gasteiger partial charge >= 0.3 is 5.97 Å². The van der Waals surface area contributed by atoms with Crippen LogP contribution in [-0.2, 0) is 5.75 Å². The Kier molecular flexibility index (Phi) is 4.62. The highest BCUT2D eigenvalue weighted by Gasteiger charge is 2.10. The minimum atomic E-state index is -1.12. The molecule has 20 heavy (non-hydrogen) atoms. The van der Waals surface area contributed by atoms with Crippen molar-refractivity contribution in [2.45, 2.75) is 10.6 Å². The number of carboxylic acid groups (broad SMARTS) is 1. The lowest BCUT2D eigenvalue weighted by molar-refractivity contribution is 0.0697.